The third kappa shape index (κ3) is 4.84. The van der Waals surface area contributed by atoms with Gasteiger partial charge in [0, 0.05) is 32.7 Å². The highest BCUT2D eigenvalue weighted by Crippen LogP contribution is 2.28. The van der Waals surface area contributed by atoms with E-state index in [4.69, 9.17) is 4.74 Å². The van der Waals surface area contributed by atoms with E-state index in [1.807, 2.05) is 24.3 Å². The van der Waals surface area contributed by atoms with Crippen molar-refractivity contribution < 1.29 is 21.6 Å². The molecule has 0 amide bonds. The molecule has 3 rings (SSSR count). The van der Waals surface area contributed by atoms with Crippen LogP contribution in [0.25, 0.3) is 0 Å². The highest BCUT2D eigenvalue weighted by molar-refractivity contribution is 7.91. The molecule has 2 aromatic rings. The van der Waals surface area contributed by atoms with Gasteiger partial charge in [0.25, 0.3) is 0 Å². The fourth-order valence-electron chi connectivity index (χ4n) is 3.02. The van der Waals surface area contributed by atoms with Crippen molar-refractivity contribution >= 4 is 37.1 Å². The van der Waals surface area contributed by atoms with Gasteiger partial charge in [-0.15, -0.1) is 11.3 Å². The maximum Gasteiger partial charge on any atom is 0.250 e. The van der Waals surface area contributed by atoms with Crippen LogP contribution in [-0.4, -0.2) is 66.7 Å². The molecule has 1 aromatic heterocycles. The zero-order valence-electron chi connectivity index (χ0n) is 15.4. The lowest BCUT2D eigenvalue weighted by molar-refractivity contribution is 0.378. The molecule has 1 saturated heterocycles. The van der Waals surface area contributed by atoms with Gasteiger partial charge in [-0.2, -0.15) is 4.31 Å². The summed E-state index contributed by atoms with van der Waals surface area (Å²) in [4.78, 5) is 2.09. The van der Waals surface area contributed by atoms with Gasteiger partial charge in [0.15, 0.2) is 0 Å². The molecule has 0 atom stereocenters. The van der Waals surface area contributed by atoms with Gasteiger partial charge in [-0.25, -0.2) is 21.6 Å². The third-order valence-corrected chi connectivity index (χ3v) is 9.20. The van der Waals surface area contributed by atoms with Crippen molar-refractivity contribution in [3.8, 4) is 5.75 Å². The van der Waals surface area contributed by atoms with Crippen LogP contribution >= 0.6 is 11.3 Å². The maximum atomic E-state index is 12.6. The number of hydrogen-bond donors (Lipinski definition) is 1. The van der Waals surface area contributed by atoms with E-state index in [1.54, 1.807) is 18.6 Å². The summed E-state index contributed by atoms with van der Waals surface area (Å²) in [6.45, 7) is 1.62. The zero-order valence-corrected chi connectivity index (χ0v) is 17.9. The summed E-state index contributed by atoms with van der Waals surface area (Å²) in [5.74, 6) is 0.480. The molecule has 8 nitrogen and oxygen atoms in total. The highest BCUT2D eigenvalue weighted by atomic mass is 32.2. The van der Waals surface area contributed by atoms with Crippen molar-refractivity contribution in [1.29, 1.82) is 0 Å². The molecular formula is C17H23N3O5S3. The van der Waals surface area contributed by atoms with Crippen LogP contribution in [0.1, 0.15) is 0 Å². The van der Waals surface area contributed by atoms with Gasteiger partial charge in [-0.05, 0) is 23.6 Å². The van der Waals surface area contributed by atoms with Crippen molar-refractivity contribution in [1.82, 2.24) is 9.03 Å². The summed E-state index contributed by atoms with van der Waals surface area (Å²) in [6.07, 6.45) is 0. The van der Waals surface area contributed by atoms with Crippen molar-refractivity contribution in [3.63, 3.8) is 0 Å². The Morgan fingerprint density at radius 3 is 2.39 bits per heavy atom. The van der Waals surface area contributed by atoms with E-state index in [0.29, 0.717) is 26.2 Å². The Morgan fingerprint density at radius 2 is 1.75 bits per heavy atom. The zero-order chi connectivity index (χ0) is 20.2. The van der Waals surface area contributed by atoms with E-state index in [0.717, 1.165) is 22.8 Å². The molecular weight excluding hydrogens is 422 g/mol. The van der Waals surface area contributed by atoms with Crippen LogP contribution in [-0.2, 0) is 20.0 Å². The number of benzene rings is 1. The largest absolute Gasteiger partial charge is 0.495 e. The van der Waals surface area contributed by atoms with E-state index in [-0.39, 0.29) is 16.5 Å². The minimum atomic E-state index is -3.66. The molecule has 1 aromatic carbocycles. The number of piperazine rings is 1. The standard InChI is InChI=1S/C17H23N3O5S3/c1-25-16-6-3-2-5-15(16)19-9-11-20(12-10-19)27(21,22)14-8-18-28(23,24)17-7-4-13-26-17/h2-7,13,18H,8-12,14H2,1H3. The molecule has 1 fully saturated rings. The third-order valence-electron chi connectivity index (χ3n) is 4.47. The van der Waals surface area contributed by atoms with Gasteiger partial charge in [0.05, 0.1) is 18.6 Å². The number of methoxy groups -OCH3 is 1. The lowest BCUT2D eigenvalue weighted by Crippen LogP contribution is -2.50. The Labute approximate surface area is 169 Å². The predicted molar refractivity (Wildman–Crippen MR) is 110 cm³/mol. The first-order valence-electron chi connectivity index (χ1n) is 8.72. The summed E-state index contributed by atoms with van der Waals surface area (Å²) in [6, 6.07) is 10.7. The quantitative estimate of drug-likeness (QED) is 0.656. The number of nitrogens with one attached hydrogen (secondary N) is 1. The second kappa shape index (κ2) is 8.78. The van der Waals surface area contributed by atoms with Crippen LogP contribution in [0.2, 0.25) is 0 Å². The monoisotopic (exact) mass is 445 g/mol. The smallest absolute Gasteiger partial charge is 0.250 e. The minimum Gasteiger partial charge on any atom is -0.495 e. The van der Waals surface area contributed by atoms with Gasteiger partial charge in [0.1, 0.15) is 9.96 Å². The molecule has 0 saturated carbocycles. The van der Waals surface area contributed by atoms with Crippen LogP contribution < -0.4 is 14.4 Å². The summed E-state index contributed by atoms with van der Waals surface area (Å²) < 4.78 is 58.6. The first kappa shape index (κ1) is 21.1. The first-order valence-corrected chi connectivity index (χ1v) is 12.7. The van der Waals surface area contributed by atoms with Gasteiger partial charge in [-0.3, -0.25) is 0 Å². The average Bonchev–Trinajstić information content (AvgIpc) is 3.23. The Morgan fingerprint density at radius 1 is 1.04 bits per heavy atom. The molecule has 0 unspecified atom stereocenters. The van der Waals surface area contributed by atoms with Crippen molar-refractivity contribution in [2.75, 3.05) is 50.5 Å². The molecule has 0 aliphatic carbocycles. The molecule has 0 bridgehead atoms. The topological polar surface area (TPSA) is 96.0 Å². The van der Waals surface area contributed by atoms with Gasteiger partial charge < -0.3 is 9.64 Å². The van der Waals surface area contributed by atoms with Crippen LogP contribution in [0.3, 0.4) is 0 Å². The molecule has 1 N–H and O–H groups in total. The SMILES string of the molecule is COc1ccccc1N1CCN(S(=O)(=O)CCNS(=O)(=O)c2cccs2)CC1. The number of ether oxygens (including phenoxy) is 1. The van der Waals surface area contributed by atoms with Crippen LogP contribution in [0, 0.1) is 0 Å². The lowest BCUT2D eigenvalue weighted by Gasteiger charge is -2.35. The van der Waals surface area contributed by atoms with Crippen LogP contribution in [0.5, 0.6) is 5.75 Å². The summed E-state index contributed by atoms with van der Waals surface area (Å²) in [5.41, 5.74) is 0.936. The van der Waals surface area contributed by atoms with E-state index in [9.17, 15) is 16.8 Å². The second-order valence-electron chi connectivity index (χ2n) is 6.20. The van der Waals surface area contributed by atoms with E-state index in [2.05, 4.69) is 9.62 Å². The Kier molecular flexibility index (Phi) is 6.61. The van der Waals surface area contributed by atoms with E-state index >= 15 is 0 Å². The molecule has 0 radical (unpaired) electrons. The van der Waals surface area contributed by atoms with Crippen molar-refractivity contribution in [2.45, 2.75) is 4.21 Å². The summed E-state index contributed by atoms with van der Waals surface area (Å²) in [5, 5.41) is 1.66. The molecule has 11 heteroatoms. The number of para-hydroxylation sites is 2. The molecule has 154 valence electrons. The number of anilines is 1. The molecule has 2 heterocycles. The van der Waals surface area contributed by atoms with Crippen LogP contribution in [0.4, 0.5) is 5.69 Å². The number of hydrogen-bond acceptors (Lipinski definition) is 7. The van der Waals surface area contributed by atoms with Crippen molar-refractivity contribution in [2.24, 2.45) is 0 Å². The fraction of sp³-hybridized carbons (Fsp3) is 0.412. The Balaban J connectivity index is 1.54. The number of rotatable bonds is 8. The summed E-state index contributed by atoms with van der Waals surface area (Å²) >= 11 is 1.09. The molecule has 28 heavy (non-hydrogen) atoms. The summed E-state index contributed by atoms with van der Waals surface area (Å²) in [7, 11) is -5.60. The molecule has 1 aliphatic rings. The Bertz CT molecular complexity index is 983. The fourth-order valence-corrected chi connectivity index (χ4v) is 6.56. The van der Waals surface area contributed by atoms with E-state index < -0.39 is 20.0 Å². The number of nitrogens with zero attached hydrogens (tertiary/aromatic N) is 2. The average molecular weight is 446 g/mol. The highest BCUT2D eigenvalue weighted by Gasteiger charge is 2.28. The number of thiophene rings is 1. The van der Waals surface area contributed by atoms with Crippen molar-refractivity contribution in [3.05, 3.63) is 41.8 Å². The molecule has 1 aliphatic heterocycles. The van der Waals surface area contributed by atoms with Gasteiger partial charge >= 0.3 is 0 Å². The maximum absolute atomic E-state index is 12.6. The Hall–Kier alpha value is -1.66. The molecule has 0 spiro atoms. The van der Waals surface area contributed by atoms with Crippen LogP contribution in [0.15, 0.2) is 46.0 Å². The van der Waals surface area contributed by atoms with Gasteiger partial charge in [0.2, 0.25) is 20.0 Å². The van der Waals surface area contributed by atoms with E-state index in [1.165, 1.54) is 10.4 Å². The number of sulfonamides is 2. The minimum absolute atomic E-state index is 0.157. The lowest BCUT2D eigenvalue weighted by atomic mass is 10.2. The second-order valence-corrected chi connectivity index (χ2v) is 11.2. The van der Waals surface area contributed by atoms with Gasteiger partial charge in [-0.1, -0.05) is 18.2 Å². The normalized spacial score (nSPS) is 16.2. The predicted octanol–water partition coefficient (Wildman–Crippen LogP) is 1.19. The first-order chi connectivity index (χ1) is 13.3.